The number of aromatic amines is 1. The van der Waals surface area contributed by atoms with Crippen molar-refractivity contribution in [1.29, 1.82) is 0 Å². The van der Waals surface area contributed by atoms with Crippen molar-refractivity contribution in [2.45, 2.75) is 13.3 Å². The Morgan fingerprint density at radius 3 is 2.55 bits per heavy atom. The van der Waals surface area contributed by atoms with E-state index in [2.05, 4.69) is 9.97 Å². The van der Waals surface area contributed by atoms with Crippen LogP contribution in [0.1, 0.15) is 27.3 Å². The van der Waals surface area contributed by atoms with Gasteiger partial charge in [0.1, 0.15) is 24.8 Å². The number of carbonyl (C=O) groups is 1. The van der Waals surface area contributed by atoms with Gasteiger partial charge >= 0.3 is 5.97 Å². The van der Waals surface area contributed by atoms with E-state index in [0.717, 1.165) is 16.9 Å². The molecule has 0 spiro atoms. The Kier molecular flexibility index (Phi) is 6.08. The number of benzene rings is 3. The molecule has 156 valence electrons. The second kappa shape index (κ2) is 9.26. The number of nitrogens with zero attached hydrogens (tertiary/aromatic N) is 1. The monoisotopic (exact) mass is 414 g/mol. The molecular weight excluding hydrogens is 392 g/mol. The van der Waals surface area contributed by atoms with Crippen LogP contribution >= 0.6 is 0 Å². The van der Waals surface area contributed by atoms with Gasteiger partial charge in [0.25, 0.3) is 5.56 Å². The standard InChI is InChI=1S/C25H22N2O4/c1-17-8-2-7-13-22(17)30-14-15-31-25(29)19-10-4-3-9-18(19)16-23-26-21-12-6-5-11-20(21)24(28)27-23/h2-13H,14-16H2,1H3,(H,26,27,28). The summed E-state index contributed by atoms with van der Waals surface area (Å²) in [5.74, 6) is 0.823. The van der Waals surface area contributed by atoms with Crippen molar-refractivity contribution in [1.82, 2.24) is 9.97 Å². The molecule has 0 saturated carbocycles. The van der Waals surface area contributed by atoms with Crippen LogP contribution < -0.4 is 10.3 Å². The average molecular weight is 414 g/mol. The number of para-hydroxylation sites is 2. The Hall–Kier alpha value is -3.93. The fourth-order valence-corrected chi connectivity index (χ4v) is 3.35. The molecule has 0 saturated heterocycles. The van der Waals surface area contributed by atoms with Gasteiger partial charge in [0.05, 0.1) is 16.5 Å². The topological polar surface area (TPSA) is 81.3 Å². The first-order valence-electron chi connectivity index (χ1n) is 10.0. The Labute approximate surface area is 179 Å². The highest BCUT2D eigenvalue weighted by Gasteiger charge is 2.14. The molecule has 4 rings (SSSR count). The fraction of sp³-hybridized carbons (Fsp3) is 0.160. The maximum Gasteiger partial charge on any atom is 0.338 e. The number of aromatic nitrogens is 2. The van der Waals surface area contributed by atoms with E-state index in [-0.39, 0.29) is 18.8 Å². The number of hydrogen-bond donors (Lipinski definition) is 1. The average Bonchev–Trinajstić information content (AvgIpc) is 2.78. The zero-order chi connectivity index (χ0) is 21.6. The van der Waals surface area contributed by atoms with Gasteiger partial charge in [0.15, 0.2) is 0 Å². The lowest BCUT2D eigenvalue weighted by Crippen LogP contribution is -2.16. The molecule has 1 aromatic heterocycles. The van der Waals surface area contributed by atoms with Crippen LogP contribution in [0.4, 0.5) is 0 Å². The molecule has 3 aromatic carbocycles. The second-order valence-electron chi connectivity index (χ2n) is 7.11. The van der Waals surface area contributed by atoms with Crippen LogP contribution in [0.3, 0.4) is 0 Å². The van der Waals surface area contributed by atoms with E-state index < -0.39 is 5.97 Å². The summed E-state index contributed by atoms with van der Waals surface area (Å²) in [6.07, 6.45) is 0.311. The molecule has 4 aromatic rings. The second-order valence-corrected chi connectivity index (χ2v) is 7.11. The Morgan fingerprint density at radius 2 is 1.68 bits per heavy atom. The van der Waals surface area contributed by atoms with Crippen LogP contribution in [-0.2, 0) is 11.2 Å². The van der Waals surface area contributed by atoms with Crippen LogP contribution in [-0.4, -0.2) is 29.2 Å². The summed E-state index contributed by atoms with van der Waals surface area (Å²) < 4.78 is 11.1. The van der Waals surface area contributed by atoms with Gasteiger partial charge in [-0.25, -0.2) is 9.78 Å². The summed E-state index contributed by atoms with van der Waals surface area (Å²) in [5, 5.41) is 0.535. The van der Waals surface area contributed by atoms with E-state index in [4.69, 9.17) is 9.47 Å². The molecule has 0 fully saturated rings. The Balaban J connectivity index is 1.44. The number of ether oxygens (including phenoxy) is 2. The lowest BCUT2D eigenvalue weighted by Gasteiger charge is -2.11. The molecule has 0 bridgehead atoms. The first kappa shape index (κ1) is 20.3. The molecule has 6 heteroatoms. The van der Waals surface area contributed by atoms with Crippen LogP contribution in [0.25, 0.3) is 10.9 Å². The lowest BCUT2D eigenvalue weighted by molar-refractivity contribution is 0.0449. The summed E-state index contributed by atoms with van der Waals surface area (Å²) in [7, 11) is 0. The molecule has 1 N–H and O–H groups in total. The van der Waals surface area contributed by atoms with E-state index in [1.807, 2.05) is 49.4 Å². The van der Waals surface area contributed by atoms with Crippen molar-refractivity contribution in [2.75, 3.05) is 13.2 Å². The lowest BCUT2D eigenvalue weighted by atomic mass is 10.0. The zero-order valence-corrected chi connectivity index (χ0v) is 17.1. The van der Waals surface area contributed by atoms with Gasteiger partial charge < -0.3 is 14.5 Å². The van der Waals surface area contributed by atoms with Gasteiger partial charge in [-0.2, -0.15) is 0 Å². The van der Waals surface area contributed by atoms with Crippen LogP contribution in [0.5, 0.6) is 5.75 Å². The molecule has 0 radical (unpaired) electrons. The van der Waals surface area contributed by atoms with Crippen LogP contribution in [0.15, 0.2) is 77.6 Å². The molecule has 1 heterocycles. The molecule has 0 amide bonds. The predicted octanol–water partition coefficient (Wildman–Crippen LogP) is 4.06. The molecule has 0 unspecified atom stereocenters. The summed E-state index contributed by atoms with van der Waals surface area (Å²) >= 11 is 0. The number of hydrogen-bond acceptors (Lipinski definition) is 5. The minimum atomic E-state index is -0.438. The van der Waals surface area contributed by atoms with Gasteiger partial charge in [-0.1, -0.05) is 48.5 Å². The molecule has 0 aliphatic rings. The van der Waals surface area contributed by atoms with Crippen molar-refractivity contribution in [2.24, 2.45) is 0 Å². The zero-order valence-electron chi connectivity index (χ0n) is 17.1. The fourth-order valence-electron chi connectivity index (χ4n) is 3.35. The maximum absolute atomic E-state index is 12.6. The van der Waals surface area contributed by atoms with Gasteiger partial charge in [-0.05, 0) is 42.3 Å². The molecule has 6 nitrogen and oxygen atoms in total. The summed E-state index contributed by atoms with van der Waals surface area (Å²) in [6, 6.07) is 22.0. The van der Waals surface area contributed by atoms with E-state index in [1.165, 1.54) is 0 Å². The largest absolute Gasteiger partial charge is 0.490 e. The first-order chi connectivity index (χ1) is 15.1. The van der Waals surface area contributed by atoms with Gasteiger partial charge in [-0.3, -0.25) is 4.79 Å². The highest BCUT2D eigenvalue weighted by atomic mass is 16.6. The third-order valence-electron chi connectivity index (χ3n) is 4.92. The van der Waals surface area contributed by atoms with E-state index in [1.54, 1.807) is 30.3 Å². The summed E-state index contributed by atoms with van der Waals surface area (Å²) in [5.41, 5.74) is 2.61. The SMILES string of the molecule is Cc1ccccc1OCCOC(=O)c1ccccc1Cc1nc2ccccc2c(=O)[nH]1. The van der Waals surface area contributed by atoms with Gasteiger partial charge in [0.2, 0.25) is 0 Å². The number of esters is 1. The molecule has 0 aliphatic heterocycles. The smallest absolute Gasteiger partial charge is 0.338 e. The van der Waals surface area contributed by atoms with E-state index in [0.29, 0.717) is 28.7 Å². The molecular formula is C25H22N2O4. The van der Waals surface area contributed by atoms with E-state index in [9.17, 15) is 9.59 Å². The number of carbonyl (C=O) groups excluding carboxylic acids is 1. The third kappa shape index (κ3) is 4.80. The summed E-state index contributed by atoms with van der Waals surface area (Å²) in [6.45, 7) is 2.35. The van der Waals surface area contributed by atoms with Crippen molar-refractivity contribution in [3.05, 3.63) is 106 Å². The third-order valence-corrected chi connectivity index (χ3v) is 4.92. The summed E-state index contributed by atoms with van der Waals surface area (Å²) in [4.78, 5) is 32.3. The van der Waals surface area contributed by atoms with Gasteiger partial charge in [0, 0.05) is 6.42 Å². The van der Waals surface area contributed by atoms with Crippen molar-refractivity contribution in [3.8, 4) is 5.75 Å². The number of aryl methyl sites for hydroxylation is 1. The number of fused-ring (bicyclic) bond motifs is 1. The van der Waals surface area contributed by atoms with Crippen LogP contribution in [0.2, 0.25) is 0 Å². The maximum atomic E-state index is 12.6. The highest BCUT2D eigenvalue weighted by Crippen LogP contribution is 2.17. The first-order valence-corrected chi connectivity index (χ1v) is 10.0. The number of rotatable bonds is 7. The normalized spacial score (nSPS) is 10.7. The predicted molar refractivity (Wildman–Crippen MR) is 119 cm³/mol. The highest BCUT2D eigenvalue weighted by molar-refractivity contribution is 5.91. The quantitative estimate of drug-likeness (QED) is 0.364. The molecule has 31 heavy (non-hydrogen) atoms. The Bertz CT molecular complexity index is 1280. The minimum absolute atomic E-state index is 0.132. The number of H-pyrrole nitrogens is 1. The molecule has 0 aliphatic carbocycles. The van der Waals surface area contributed by atoms with Crippen molar-refractivity contribution in [3.63, 3.8) is 0 Å². The van der Waals surface area contributed by atoms with Gasteiger partial charge in [-0.15, -0.1) is 0 Å². The molecule has 0 atom stereocenters. The van der Waals surface area contributed by atoms with Crippen molar-refractivity contribution >= 4 is 16.9 Å². The number of nitrogens with one attached hydrogen (secondary N) is 1. The minimum Gasteiger partial charge on any atom is -0.490 e. The Morgan fingerprint density at radius 1 is 0.935 bits per heavy atom. The van der Waals surface area contributed by atoms with Crippen molar-refractivity contribution < 1.29 is 14.3 Å². The van der Waals surface area contributed by atoms with E-state index >= 15 is 0 Å². The van der Waals surface area contributed by atoms with Crippen LogP contribution in [0, 0.1) is 6.92 Å².